The summed E-state index contributed by atoms with van der Waals surface area (Å²) < 4.78 is 2.64. The fourth-order valence-electron chi connectivity index (χ4n) is 5.00. The van der Waals surface area contributed by atoms with E-state index in [4.69, 9.17) is 4.99 Å². The maximum Gasteiger partial charge on any atom is 0.319 e. The summed E-state index contributed by atoms with van der Waals surface area (Å²) in [5.41, 5.74) is 0.610. The Kier molecular flexibility index (Phi) is 5.90. The van der Waals surface area contributed by atoms with Crippen molar-refractivity contribution in [2.45, 2.75) is 50.6 Å². The monoisotopic (exact) mass is 520 g/mol. The molecule has 2 fully saturated rings. The Morgan fingerprint density at radius 3 is 2.76 bits per heavy atom. The number of hydrogen-bond donors (Lipinski definition) is 3. The molecule has 37 heavy (non-hydrogen) atoms. The summed E-state index contributed by atoms with van der Waals surface area (Å²) in [4.78, 5) is 45.4. The molecule has 0 radical (unpaired) electrons. The fraction of sp³-hybridized carbons (Fsp3) is 0.440. The first-order valence-electron chi connectivity index (χ1n) is 12.6. The second-order valence-corrected chi connectivity index (χ2v) is 10.8. The Hall–Kier alpha value is -3.80. The van der Waals surface area contributed by atoms with Crippen molar-refractivity contribution in [1.29, 1.82) is 0 Å². The molecule has 0 unspecified atom stereocenters. The molecule has 4 amide bonds. The van der Waals surface area contributed by atoms with Gasteiger partial charge in [0.05, 0.1) is 11.3 Å². The highest BCUT2D eigenvalue weighted by Crippen LogP contribution is 2.39. The highest BCUT2D eigenvalue weighted by molar-refractivity contribution is 7.23. The molecule has 1 aliphatic carbocycles. The van der Waals surface area contributed by atoms with Gasteiger partial charge < -0.3 is 15.5 Å². The SMILES string of the molecule is CCNC(=O)Nc1sc2ccccc2c1C(=O)N1CCC2(CC1)N=C(Cn1cc(C3CC3)nn1)NC2=O. The summed E-state index contributed by atoms with van der Waals surface area (Å²) >= 11 is 1.38. The number of likely N-dealkylation sites (tertiary alicyclic amines) is 1. The Bertz CT molecular complexity index is 1410. The van der Waals surface area contributed by atoms with Crippen LogP contribution in [0.25, 0.3) is 10.1 Å². The number of thiophene rings is 1. The lowest BCUT2D eigenvalue weighted by atomic mass is 9.87. The number of benzene rings is 1. The maximum atomic E-state index is 13.7. The number of amidine groups is 1. The first-order chi connectivity index (χ1) is 18.0. The van der Waals surface area contributed by atoms with Crippen LogP contribution in [0.15, 0.2) is 35.5 Å². The quantitative estimate of drug-likeness (QED) is 0.460. The Balaban J connectivity index is 1.17. The summed E-state index contributed by atoms with van der Waals surface area (Å²) in [7, 11) is 0. The molecular weight excluding hydrogens is 492 g/mol. The fourth-order valence-corrected chi connectivity index (χ4v) is 6.09. The lowest BCUT2D eigenvalue weighted by Crippen LogP contribution is -2.50. The molecule has 4 heterocycles. The van der Waals surface area contributed by atoms with Gasteiger partial charge in [-0.1, -0.05) is 23.4 Å². The van der Waals surface area contributed by atoms with Crippen LogP contribution in [0.4, 0.5) is 9.80 Å². The van der Waals surface area contributed by atoms with Gasteiger partial charge in [-0.05, 0) is 38.7 Å². The zero-order valence-electron chi connectivity index (χ0n) is 20.5. The van der Waals surface area contributed by atoms with Crippen molar-refractivity contribution in [3.05, 3.63) is 41.7 Å². The number of urea groups is 1. The van der Waals surface area contributed by atoms with Gasteiger partial charge in [0, 0.05) is 41.8 Å². The topological polar surface area (TPSA) is 134 Å². The van der Waals surface area contributed by atoms with Crippen molar-refractivity contribution < 1.29 is 14.4 Å². The van der Waals surface area contributed by atoms with Crippen LogP contribution in [0.5, 0.6) is 0 Å². The number of fused-ring (bicyclic) bond motifs is 1. The minimum Gasteiger partial charge on any atom is -0.338 e. The Morgan fingerprint density at radius 2 is 2.00 bits per heavy atom. The van der Waals surface area contributed by atoms with Crippen molar-refractivity contribution in [3.63, 3.8) is 0 Å². The van der Waals surface area contributed by atoms with E-state index in [9.17, 15) is 14.4 Å². The standard InChI is InChI=1S/C25H28N8O3S/c1-2-26-24(36)28-21-20(16-5-3-4-6-18(16)37-21)22(34)32-11-9-25(10-12-32)23(35)27-19(29-25)14-33-13-17(30-31-33)15-7-8-15/h3-6,13,15H,2,7-12,14H2,1H3,(H2,26,28,36)(H,27,29,35). The average Bonchev–Trinajstić information content (AvgIpc) is 3.42. The summed E-state index contributed by atoms with van der Waals surface area (Å²) in [6, 6.07) is 7.28. The molecule has 2 aliphatic heterocycles. The molecule has 12 heteroatoms. The number of aliphatic imine (C=N–C) groups is 1. The molecule has 3 aromatic rings. The van der Waals surface area contributed by atoms with Crippen molar-refractivity contribution in [1.82, 2.24) is 30.5 Å². The second-order valence-electron chi connectivity index (χ2n) is 9.74. The van der Waals surface area contributed by atoms with Crippen LogP contribution in [0.2, 0.25) is 0 Å². The molecule has 1 saturated heterocycles. The zero-order valence-corrected chi connectivity index (χ0v) is 21.3. The number of piperidine rings is 1. The number of carbonyl (C=O) groups is 3. The van der Waals surface area contributed by atoms with Gasteiger partial charge in [-0.2, -0.15) is 0 Å². The highest BCUT2D eigenvalue weighted by atomic mass is 32.1. The van der Waals surface area contributed by atoms with Gasteiger partial charge in [-0.3, -0.25) is 19.9 Å². The van der Waals surface area contributed by atoms with Crippen LogP contribution in [0.1, 0.15) is 54.6 Å². The van der Waals surface area contributed by atoms with E-state index in [1.54, 1.807) is 9.58 Å². The summed E-state index contributed by atoms with van der Waals surface area (Å²) in [6.45, 7) is 3.47. The molecule has 192 valence electrons. The molecule has 3 aliphatic rings. The van der Waals surface area contributed by atoms with Crippen LogP contribution in [0.3, 0.4) is 0 Å². The third-order valence-electron chi connectivity index (χ3n) is 7.14. The largest absolute Gasteiger partial charge is 0.338 e. The van der Waals surface area contributed by atoms with E-state index in [1.165, 1.54) is 11.3 Å². The van der Waals surface area contributed by atoms with E-state index in [1.807, 2.05) is 37.4 Å². The molecule has 0 atom stereocenters. The van der Waals surface area contributed by atoms with Gasteiger partial charge >= 0.3 is 6.03 Å². The first kappa shape index (κ1) is 23.6. The van der Waals surface area contributed by atoms with Crippen LogP contribution >= 0.6 is 11.3 Å². The molecular formula is C25H28N8O3S. The number of anilines is 1. The van der Waals surface area contributed by atoms with Gasteiger partial charge in [-0.25, -0.2) is 9.48 Å². The molecule has 1 saturated carbocycles. The van der Waals surface area contributed by atoms with E-state index in [2.05, 4.69) is 26.3 Å². The summed E-state index contributed by atoms with van der Waals surface area (Å²) in [6.07, 6.45) is 5.09. The van der Waals surface area contributed by atoms with Gasteiger partial charge in [0.2, 0.25) is 0 Å². The number of amides is 4. The van der Waals surface area contributed by atoms with E-state index >= 15 is 0 Å². The number of carbonyl (C=O) groups excluding carboxylic acids is 3. The molecule has 1 aromatic carbocycles. The highest BCUT2D eigenvalue weighted by Gasteiger charge is 2.46. The van der Waals surface area contributed by atoms with E-state index < -0.39 is 5.54 Å². The van der Waals surface area contributed by atoms with E-state index in [-0.39, 0.29) is 17.8 Å². The average molecular weight is 521 g/mol. The lowest BCUT2D eigenvalue weighted by molar-refractivity contribution is -0.125. The summed E-state index contributed by atoms with van der Waals surface area (Å²) in [5.74, 6) is 0.807. The molecule has 0 bridgehead atoms. The number of hydrogen-bond acceptors (Lipinski definition) is 7. The third kappa shape index (κ3) is 4.45. The second kappa shape index (κ2) is 9.25. The van der Waals surface area contributed by atoms with Crippen LogP contribution < -0.4 is 16.0 Å². The lowest BCUT2D eigenvalue weighted by Gasteiger charge is -2.35. The van der Waals surface area contributed by atoms with Gasteiger partial charge in [0.25, 0.3) is 11.8 Å². The number of nitrogens with one attached hydrogen (secondary N) is 3. The minimum atomic E-state index is -0.870. The normalized spacial score (nSPS) is 18.7. The predicted octanol–water partition coefficient (Wildman–Crippen LogP) is 2.71. The van der Waals surface area contributed by atoms with Crippen molar-refractivity contribution in [2.24, 2.45) is 4.99 Å². The Morgan fingerprint density at radius 1 is 1.22 bits per heavy atom. The number of rotatable bonds is 6. The van der Waals surface area contributed by atoms with E-state index in [0.717, 1.165) is 28.6 Å². The van der Waals surface area contributed by atoms with Crippen LogP contribution in [-0.4, -0.2) is 68.7 Å². The number of aromatic nitrogens is 3. The molecule has 1 spiro atoms. The van der Waals surface area contributed by atoms with Gasteiger partial charge in [0.15, 0.2) is 0 Å². The maximum absolute atomic E-state index is 13.7. The molecule has 6 rings (SSSR count). The van der Waals surface area contributed by atoms with Crippen LogP contribution in [0, 0.1) is 0 Å². The number of nitrogens with zero attached hydrogens (tertiary/aromatic N) is 5. The predicted molar refractivity (Wildman–Crippen MR) is 140 cm³/mol. The molecule has 11 nitrogen and oxygen atoms in total. The zero-order chi connectivity index (χ0) is 25.6. The van der Waals surface area contributed by atoms with Crippen molar-refractivity contribution in [2.75, 3.05) is 25.0 Å². The first-order valence-corrected chi connectivity index (χ1v) is 13.4. The van der Waals surface area contributed by atoms with Crippen molar-refractivity contribution >= 4 is 50.1 Å². The molecule has 2 aromatic heterocycles. The minimum absolute atomic E-state index is 0.128. The Labute approximate surface area is 217 Å². The van der Waals surface area contributed by atoms with Crippen LogP contribution in [-0.2, 0) is 11.3 Å². The smallest absolute Gasteiger partial charge is 0.319 e. The molecule has 3 N–H and O–H groups in total. The van der Waals surface area contributed by atoms with Crippen molar-refractivity contribution in [3.8, 4) is 0 Å². The third-order valence-corrected chi connectivity index (χ3v) is 8.23. The van der Waals surface area contributed by atoms with Gasteiger partial charge in [0.1, 0.15) is 22.9 Å². The van der Waals surface area contributed by atoms with E-state index in [0.29, 0.717) is 61.3 Å². The van der Waals surface area contributed by atoms with Gasteiger partial charge in [-0.15, -0.1) is 16.4 Å². The summed E-state index contributed by atoms with van der Waals surface area (Å²) in [5, 5.41) is 18.2.